The van der Waals surface area contributed by atoms with Crippen molar-refractivity contribution in [2.45, 2.75) is 44.6 Å². The number of allylic oxidation sites excluding steroid dienone is 1. The van der Waals surface area contributed by atoms with Gasteiger partial charge in [0.2, 0.25) is 0 Å². The molecule has 0 heterocycles. The lowest BCUT2D eigenvalue weighted by atomic mass is 9.77. The lowest BCUT2D eigenvalue weighted by Gasteiger charge is -2.33. The molecule has 5 N–H and O–H groups in total. The number of carboxylic acids is 1. The monoisotopic (exact) mass is 238 g/mol. The first-order chi connectivity index (χ1) is 7.99. The van der Waals surface area contributed by atoms with Gasteiger partial charge in [-0.1, -0.05) is 38.7 Å². The Morgan fingerprint density at radius 2 is 2.18 bits per heavy atom. The van der Waals surface area contributed by atoms with Gasteiger partial charge in [-0.25, -0.2) is 0 Å². The summed E-state index contributed by atoms with van der Waals surface area (Å²) >= 11 is 0. The van der Waals surface area contributed by atoms with Gasteiger partial charge in [-0.05, 0) is 18.6 Å². The lowest BCUT2D eigenvalue weighted by molar-refractivity contribution is -0.141. The summed E-state index contributed by atoms with van der Waals surface area (Å²) in [5.74, 6) is -1.62. The molecule has 4 heteroatoms. The van der Waals surface area contributed by atoms with Crippen LogP contribution in [0.5, 0.6) is 0 Å². The van der Waals surface area contributed by atoms with E-state index >= 15 is 0 Å². The Balaban J connectivity index is 2.65. The molecule has 0 saturated carbocycles. The summed E-state index contributed by atoms with van der Waals surface area (Å²) in [7, 11) is 0. The van der Waals surface area contributed by atoms with Crippen LogP contribution in [0.2, 0.25) is 0 Å². The quantitative estimate of drug-likeness (QED) is 0.615. The van der Waals surface area contributed by atoms with Gasteiger partial charge in [0.15, 0.2) is 0 Å². The average molecular weight is 238 g/mol. The third kappa shape index (κ3) is 3.60. The highest BCUT2D eigenvalue weighted by Gasteiger charge is 2.37. The minimum Gasteiger partial charge on any atom is -0.481 e. The molecule has 1 aliphatic rings. The third-order valence-corrected chi connectivity index (χ3v) is 3.25. The maximum Gasteiger partial charge on any atom is 0.312 e. The van der Waals surface area contributed by atoms with Crippen molar-refractivity contribution in [3.05, 3.63) is 23.9 Å². The third-order valence-electron chi connectivity index (χ3n) is 3.25. The SMILES string of the molecule is CCCCCCC1(N)C=CC(N)=CC1C(=O)O. The molecule has 0 aromatic carbocycles. The first-order valence-corrected chi connectivity index (χ1v) is 6.18. The Kier molecular flexibility index (Phi) is 4.75. The Bertz CT molecular complexity index is 336. The molecule has 0 amide bonds. The second kappa shape index (κ2) is 5.87. The van der Waals surface area contributed by atoms with E-state index in [0.717, 1.165) is 25.7 Å². The number of rotatable bonds is 6. The Morgan fingerprint density at radius 1 is 1.47 bits per heavy atom. The minimum absolute atomic E-state index is 0.479. The molecule has 17 heavy (non-hydrogen) atoms. The highest BCUT2D eigenvalue weighted by Crippen LogP contribution is 2.29. The number of aliphatic carboxylic acids is 1. The van der Waals surface area contributed by atoms with Crippen molar-refractivity contribution in [3.8, 4) is 0 Å². The molecule has 1 aliphatic carbocycles. The molecule has 0 saturated heterocycles. The molecule has 0 aliphatic heterocycles. The van der Waals surface area contributed by atoms with Crippen molar-refractivity contribution in [2.24, 2.45) is 17.4 Å². The summed E-state index contributed by atoms with van der Waals surface area (Å²) in [6.45, 7) is 2.14. The van der Waals surface area contributed by atoms with Gasteiger partial charge in [-0.3, -0.25) is 4.79 Å². The van der Waals surface area contributed by atoms with Crippen molar-refractivity contribution >= 4 is 5.97 Å². The van der Waals surface area contributed by atoms with E-state index in [9.17, 15) is 9.90 Å². The van der Waals surface area contributed by atoms with Crippen molar-refractivity contribution in [1.29, 1.82) is 0 Å². The average Bonchev–Trinajstić information content (AvgIpc) is 2.28. The van der Waals surface area contributed by atoms with E-state index in [0.29, 0.717) is 12.1 Å². The number of hydrogen-bond donors (Lipinski definition) is 3. The van der Waals surface area contributed by atoms with Gasteiger partial charge in [0.25, 0.3) is 0 Å². The van der Waals surface area contributed by atoms with Crippen LogP contribution in [0, 0.1) is 5.92 Å². The summed E-state index contributed by atoms with van der Waals surface area (Å²) < 4.78 is 0. The molecular formula is C13H22N2O2. The van der Waals surface area contributed by atoms with E-state index in [-0.39, 0.29) is 0 Å². The highest BCUT2D eigenvalue weighted by molar-refractivity contribution is 5.75. The predicted octanol–water partition coefficient (Wildman–Crippen LogP) is 1.77. The summed E-state index contributed by atoms with van der Waals surface area (Å²) in [4.78, 5) is 11.2. The Labute approximate surface area is 102 Å². The van der Waals surface area contributed by atoms with Crippen molar-refractivity contribution in [1.82, 2.24) is 0 Å². The van der Waals surface area contributed by atoms with Gasteiger partial charge < -0.3 is 16.6 Å². The van der Waals surface area contributed by atoms with Crippen LogP contribution >= 0.6 is 0 Å². The maximum absolute atomic E-state index is 11.2. The number of carbonyl (C=O) groups is 1. The normalized spacial score (nSPS) is 27.9. The zero-order chi connectivity index (χ0) is 12.9. The lowest BCUT2D eigenvalue weighted by Crippen LogP contribution is -2.49. The summed E-state index contributed by atoms with van der Waals surface area (Å²) in [6, 6.07) is 0. The van der Waals surface area contributed by atoms with E-state index in [1.807, 2.05) is 0 Å². The van der Waals surface area contributed by atoms with Gasteiger partial charge in [-0.2, -0.15) is 0 Å². The van der Waals surface area contributed by atoms with Gasteiger partial charge in [-0.15, -0.1) is 0 Å². The minimum atomic E-state index is -0.907. The largest absolute Gasteiger partial charge is 0.481 e. The van der Waals surface area contributed by atoms with Gasteiger partial charge in [0, 0.05) is 5.70 Å². The van der Waals surface area contributed by atoms with Crippen molar-refractivity contribution in [2.75, 3.05) is 0 Å². The van der Waals surface area contributed by atoms with Gasteiger partial charge in [0.1, 0.15) is 0 Å². The molecule has 0 spiro atoms. The van der Waals surface area contributed by atoms with Crippen LogP contribution in [0.4, 0.5) is 0 Å². The van der Waals surface area contributed by atoms with Crippen LogP contribution in [0.15, 0.2) is 23.9 Å². The summed E-state index contributed by atoms with van der Waals surface area (Å²) in [5.41, 5.74) is 11.5. The van der Waals surface area contributed by atoms with E-state index in [1.165, 1.54) is 0 Å². The molecule has 0 radical (unpaired) electrons. The van der Waals surface area contributed by atoms with E-state index in [2.05, 4.69) is 6.92 Å². The molecule has 4 nitrogen and oxygen atoms in total. The van der Waals surface area contributed by atoms with Crippen LogP contribution in [-0.4, -0.2) is 16.6 Å². The van der Waals surface area contributed by atoms with Crippen molar-refractivity contribution < 1.29 is 9.90 Å². The standard InChI is InChI=1S/C13H22N2O2/c1-2-3-4-5-7-13(15)8-6-10(14)9-11(13)12(16)17/h6,8-9,11H,2-5,7,14-15H2,1H3,(H,16,17). The first-order valence-electron chi connectivity index (χ1n) is 6.18. The Morgan fingerprint density at radius 3 is 2.76 bits per heavy atom. The second-order valence-electron chi connectivity index (χ2n) is 4.74. The Hall–Kier alpha value is -1.29. The number of nitrogens with two attached hydrogens (primary N) is 2. The summed E-state index contributed by atoms with van der Waals surface area (Å²) in [6.07, 6.45) is 10.0. The summed E-state index contributed by atoms with van der Waals surface area (Å²) in [5, 5.41) is 9.18. The molecule has 0 aromatic rings. The second-order valence-corrected chi connectivity index (χ2v) is 4.74. The molecule has 2 unspecified atom stereocenters. The maximum atomic E-state index is 11.2. The van der Waals surface area contributed by atoms with Crippen LogP contribution in [0.3, 0.4) is 0 Å². The van der Waals surface area contributed by atoms with Crippen LogP contribution < -0.4 is 11.5 Å². The molecule has 0 bridgehead atoms. The molecular weight excluding hydrogens is 216 g/mol. The van der Waals surface area contributed by atoms with Crippen molar-refractivity contribution in [3.63, 3.8) is 0 Å². The first kappa shape index (κ1) is 13.8. The van der Waals surface area contributed by atoms with Gasteiger partial charge >= 0.3 is 5.97 Å². The number of hydrogen-bond acceptors (Lipinski definition) is 3. The molecule has 0 fully saturated rings. The molecule has 0 aromatic heterocycles. The highest BCUT2D eigenvalue weighted by atomic mass is 16.4. The fourth-order valence-corrected chi connectivity index (χ4v) is 2.16. The fourth-order valence-electron chi connectivity index (χ4n) is 2.16. The molecule has 1 rings (SSSR count). The molecule has 2 atom stereocenters. The van der Waals surface area contributed by atoms with Crippen LogP contribution in [-0.2, 0) is 4.79 Å². The van der Waals surface area contributed by atoms with Crippen LogP contribution in [0.1, 0.15) is 39.0 Å². The molecule has 96 valence electrons. The zero-order valence-electron chi connectivity index (χ0n) is 10.4. The smallest absolute Gasteiger partial charge is 0.312 e. The van der Waals surface area contributed by atoms with E-state index in [1.54, 1.807) is 18.2 Å². The van der Waals surface area contributed by atoms with Gasteiger partial charge in [0.05, 0.1) is 11.5 Å². The van der Waals surface area contributed by atoms with E-state index in [4.69, 9.17) is 11.5 Å². The number of carboxylic acid groups (broad SMARTS) is 1. The predicted molar refractivity (Wildman–Crippen MR) is 68.2 cm³/mol. The zero-order valence-corrected chi connectivity index (χ0v) is 10.4. The fraction of sp³-hybridized carbons (Fsp3) is 0.615. The van der Waals surface area contributed by atoms with Crippen LogP contribution in [0.25, 0.3) is 0 Å². The van der Waals surface area contributed by atoms with E-state index < -0.39 is 17.4 Å². The topological polar surface area (TPSA) is 89.3 Å². The number of unbranched alkanes of at least 4 members (excludes halogenated alkanes) is 3.